The number of nitrogens with zero attached hydrogens (tertiary/aromatic N) is 3. The summed E-state index contributed by atoms with van der Waals surface area (Å²) in [5, 5.41) is 0.570. The maximum absolute atomic E-state index is 12.9. The Balaban J connectivity index is 1.60. The van der Waals surface area contributed by atoms with Crippen LogP contribution in [0.3, 0.4) is 0 Å². The normalized spacial score (nSPS) is 24.8. The highest BCUT2D eigenvalue weighted by Gasteiger charge is 2.49. The second kappa shape index (κ2) is 6.47. The summed E-state index contributed by atoms with van der Waals surface area (Å²) in [4.78, 5) is 29.0. The van der Waals surface area contributed by atoms with E-state index in [4.69, 9.17) is 11.6 Å². The third-order valence-corrected chi connectivity index (χ3v) is 5.89. The van der Waals surface area contributed by atoms with Crippen LogP contribution in [0.25, 0.3) is 0 Å². The molecule has 3 atom stereocenters. The third kappa shape index (κ3) is 2.80. The molecule has 2 aliphatic heterocycles. The van der Waals surface area contributed by atoms with Crippen LogP contribution in [-0.2, 0) is 11.8 Å². The number of aryl methyl sites for hydroxylation is 1. The number of hydrogen-bond acceptors (Lipinski definition) is 2. The lowest BCUT2D eigenvalue weighted by Crippen LogP contribution is -2.37. The minimum absolute atomic E-state index is 0.00925. The van der Waals surface area contributed by atoms with Crippen LogP contribution in [0.15, 0.2) is 42.6 Å². The van der Waals surface area contributed by atoms with Crippen molar-refractivity contribution in [3.05, 3.63) is 58.9 Å². The number of aromatic nitrogens is 1. The van der Waals surface area contributed by atoms with Gasteiger partial charge in [0.15, 0.2) is 0 Å². The molecule has 4 rings (SSSR count). The van der Waals surface area contributed by atoms with Crippen LogP contribution in [0.5, 0.6) is 0 Å². The molecule has 1 aromatic heterocycles. The molecule has 26 heavy (non-hydrogen) atoms. The SMILES string of the molecule is CC(=O)N1C[C@H]2CN(C(=O)c3cc(Cl)cn3C)C[C@H]2[C@H]1c1ccccc1. The zero-order valence-electron chi connectivity index (χ0n) is 14.9. The fourth-order valence-corrected chi connectivity index (χ4v) is 4.76. The summed E-state index contributed by atoms with van der Waals surface area (Å²) in [5.41, 5.74) is 1.75. The van der Waals surface area contributed by atoms with Gasteiger partial charge in [0.25, 0.3) is 5.91 Å². The van der Waals surface area contributed by atoms with Crippen molar-refractivity contribution in [2.75, 3.05) is 19.6 Å². The van der Waals surface area contributed by atoms with Gasteiger partial charge in [-0.1, -0.05) is 41.9 Å². The fourth-order valence-electron chi connectivity index (χ4n) is 4.51. The van der Waals surface area contributed by atoms with E-state index in [1.165, 1.54) is 0 Å². The van der Waals surface area contributed by atoms with E-state index in [1.807, 2.05) is 35.0 Å². The minimum atomic E-state index is 0.00925. The Morgan fingerprint density at radius 2 is 1.85 bits per heavy atom. The molecule has 2 amide bonds. The second-order valence-corrected chi connectivity index (χ2v) is 7.75. The molecule has 136 valence electrons. The van der Waals surface area contributed by atoms with Crippen LogP contribution < -0.4 is 0 Å². The Morgan fingerprint density at radius 3 is 2.46 bits per heavy atom. The van der Waals surface area contributed by atoms with Gasteiger partial charge in [0, 0.05) is 51.6 Å². The summed E-state index contributed by atoms with van der Waals surface area (Å²) < 4.78 is 1.77. The maximum atomic E-state index is 12.9. The lowest BCUT2D eigenvalue weighted by Gasteiger charge is -2.29. The van der Waals surface area contributed by atoms with Gasteiger partial charge in [-0.2, -0.15) is 0 Å². The van der Waals surface area contributed by atoms with Gasteiger partial charge in [-0.05, 0) is 11.6 Å². The van der Waals surface area contributed by atoms with E-state index < -0.39 is 0 Å². The minimum Gasteiger partial charge on any atom is -0.345 e. The zero-order chi connectivity index (χ0) is 18.4. The molecule has 5 nitrogen and oxygen atoms in total. The van der Waals surface area contributed by atoms with Gasteiger partial charge in [0.1, 0.15) is 5.69 Å². The van der Waals surface area contributed by atoms with E-state index in [-0.39, 0.29) is 23.8 Å². The summed E-state index contributed by atoms with van der Waals surface area (Å²) in [6, 6.07) is 11.9. The van der Waals surface area contributed by atoms with Crippen molar-refractivity contribution in [2.24, 2.45) is 18.9 Å². The maximum Gasteiger partial charge on any atom is 0.270 e. The van der Waals surface area contributed by atoms with Gasteiger partial charge in [0.2, 0.25) is 5.91 Å². The molecule has 0 spiro atoms. The zero-order valence-corrected chi connectivity index (χ0v) is 15.7. The topological polar surface area (TPSA) is 45.6 Å². The Labute approximate surface area is 158 Å². The number of halogens is 1. The Kier molecular flexibility index (Phi) is 4.27. The number of benzene rings is 1. The van der Waals surface area contributed by atoms with Crippen LogP contribution in [0.2, 0.25) is 5.02 Å². The van der Waals surface area contributed by atoms with Crippen LogP contribution in [0.1, 0.15) is 29.0 Å². The average Bonchev–Trinajstić information content (AvgIpc) is 3.26. The van der Waals surface area contributed by atoms with Gasteiger partial charge in [-0.25, -0.2) is 0 Å². The van der Waals surface area contributed by atoms with Crippen LogP contribution in [0, 0.1) is 11.8 Å². The van der Waals surface area contributed by atoms with Crippen LogP contribution in [-0.4, -0.2) is 45.8 Å². The Hall–Kier alpha value is -2.27. The van der Waals surface area contributed by atoms with Crippen molar-refractivity contribution in [1.29, 1.82) is 0 Å². The number of rotatable bonds is 2. The molecular weight excluding hydrogens is 350 g/mol. The quantitative estimate of drug-likeness (QED) is 0.814. The molecule has 2 saturated heterocycles. The summed E-state index contributed by atoms with van der Waals surface area (Å²) in [6.45, 7) is 3.68. The van der Waals surface area contributed by atoms with E-state index in [2.05, 4.69) is 12.1 Å². The molecule has 0 radical (unpaired) electrons. The summed E-state index contributed by atoms with van der Waals surface area (Å²) >= 11 is 6.03. The molecule has 2 aliphatic rings. The van der Waals surface area contributed by atoms with Crippen LogP contribution >= 0.6 is 11.6 Å². The largest absolute Gasteiger partial charge is 0.345 e. The number of amides is 2. The molecule has 0 aliphatic carbocycles. The number of likely N-dealkylation sites (tertiary alicyclic amines) is 2. The highest BCUT2D eigenvalue weighted by molar-refractivity contribution is 6.31. The predicted octanol–water partition coefficient (Wildman–Crippen LogP) is 2.97. The summed E-state index contributed by atoms with van der Waals surface area (Å²) in [7, 11) is 1.83. The monoisotopic (exact) mass is 371 g/mol. The van der Waals surface area contributed by atoms with Crippen molar-refractivity contribution >= 4 is 23.4 Å². The van der Waals surface area contributed by atoms with Crippen molar-refractivity contribution < 1.29 is 9.59 Å². The van der Waals surface area contributed by atoms with Crippen LogP contribution in [0.4, 0.5) is 0 Å². The number of carbonyl (C=O) groups excluding carboxylic acids is 2. The van der Waals surface area contributed by atoms with Gasteiger partial charge in [-0.15, -0.1) is 0 Å². The number of hydrogen-bond donors (Lipinski definition) is 0. The van der Waals surface area contributed by atoms with Crippen molar-refractivity contribution in [2.45, 2.75) is 13.0 Å². The van der Waals surface area contributed by atoms with Gasteiger partial charge in [0.05, 0.1) is 11.1 Å². The summed E-state index contributed by atoms with van der Waals surface area (Å²) in [6.07, 6.45) is 1.75. The first-order valence-corrected chi connectivity index (χ1v) is 9.27. The van der Waals surface area contributed by atoms with E-state index in [9.17, 15) is 9.59 Å². The van der Waals surface area contributed by atoms with E-state index in [1.54, 1.807) is 23.8 Å². The molecule has 2 aromatic rings. The first-order chi connectivity index (χ1) is 12.5. The lowest BCUT2D eigenvalue weighted by atomic mass is 9.89. The third-order valence-electron chi connectivity index (χ3n) is 5.69. The smallest absolute Gasteiger partial charge is 0.270 e. The Morgan fingerprint density at radius 1 is 1.12 bits per heavy atom. The predicted molar refractivity (Wildman–Crippen MR) is 99.9 cm³/mol. The van der Waals surface area contributed by atoms with Crippen molar-refractivity contribution in [3.63, 3.8) is 0 Å². The molecule has 0 unspecified atom stereocenters. The second-order valence-electron chi connectivity index (χ2n) is 7.32. The fraction of sp³-hybridized carbons (Fsp3) is 0.400. The number of fused-ring (bicyclic) bond motifs is 1. The van der Waals surface area contributed by atoms with E-state index >= 15 is 0 Å². The first kappa shape index (κ1) is 17.2. The standard InChI is InChI=1S/C20H22ClN3O2/c1-13(25)24-10-15-9-23(20(26)18-8-16(21)11-22(18)2)12-17(15)19(24)14-6-4-3-5-7-14/h3-8,11,15,17,19H,9-10,12H2,1-2H3/t15-,17-,19-/m1/s1. The number of carbonyl (C=O) groups is 2. The lowest BCUT2D eigenvalue weighted by molar-refractivity contribution is -0.130. The molecule has 3 heterocycles. The molecule has 0 saturated carbocycles. The molecule has 6 heteroatoms. The molecule has 0 N–H and O–H groups in total. The van der Waals surface area contributed by atoms with Crippen molar-refractivity contribution in [3.8, 4) is 0 Å². The Bertz CT molecular complexity index is 848. The highest BCUT2D eigenvalue weighted by Crippen LogP contribution is 2.45. The molecule has 2 fully saturated rings. The van der Waals surface area contributed by atoms with Gasteiger partial charge in [-0.3, -0.25) is 9.59 Å². The molecular formula is C20H22ClN3O2. The average molecular weight is 372 g/mol. The van der Waals surface area contributed by atoms with E-state index in [0.717, 1.165) is 5.56 Å². The van der Waals surface area contributed by atoms with Gasteiger partial charge < -0.3 is 14.4 Å². The van der Waals surface area contributed by atoms with E-state index in [0.29, 0.717) is 36.3 Å². The highest BCUT2D eigenvalue weighted by atomic mass is 35.5. The molecule has 0 bridgehead atoms. The first-order valence-electron chi connectivity index (χ1n) is 8.89. The molecule has 1 aromatic carbocycles. The van der Waals surface area contributed by atoms with Gasteiger partial charge >= 0.3 is 0 Å². The van der Waals surface area contributed by atoms with Crippen molar-refractivity contribution in [1.82, 2.24) is 14.4 Å². The summed E-state index contributed by atoms with van der Waals surface area (Å²) in [5.74, 6) is 0.681.